The lowest BCUT2D eigenvalue weighted by Crippen LogP contribution is -2.50. The Morgan fingerprint density at radius 2 is 1.67 bits per heavy atom. The van der Waals surface area contributed by atoms with Crippen molar-refractivity contribution in [3.63, 3.8) is 0 Å². The van der Waals surface area contributed by atoms with E-state index in [4.69, 9.17) is 0 Å². The van der Waals surface area contributed by atoms with Gasteiger partial charge in [0.1, 0.15) is 0 Å². The molecule has 0 aromatic carbocycles. The number of hydrogen-bond acceptors (Lipinski definition) is 2. The van der Waals surface area contributed by atoms with Crippen molar-refractivity contribution >= 4 is 12.0 Å². The van der Waals surface area contributed by atoms with E-state index in [0.29, 0.717) is 0 Å². The van der Waals surface area contributed by atoms with Gasteiger partial charge in [-0.2, -0.15) is 13.2 Å². The molecule has 4 fully saturated rings. The monoisotopic (exact) mass is 301 g/mol. The normalized spacial score (nSPS) is 39.9. The molecule has 0 N–H and O–H groups in total. The zero-order valence-corrected chi connectivity index (χ0v) is 12.3. The lowest BCUT2D eigenvalue weighted by molar-refractivity contribution is -0.169. The average molecular weight is 301 g/mol. The maximum absolute atomic E-state index is 12.2. The number of nitrogens with zero attached hydrogens (tertiary/aromatic N) is 1. The number of alkyl halides is 3. The summed E-state index contributed by atoms with van der Waals surface area (Å²) in [5.41, 5.74) is 0.187. The summed E-state index contributed by atoms with van der Waals surface area (Å²) in [7, 11) is 0. The van der Waals surface area contributed by atoms with Gasteiger partial charge in [-0.15, -0.1) is 0 Å². The molecule has 4 rings (SSSR count). The summed E-state index contributed by atoms with van der Waals surface area (Å²) in [5.74, 6) is 0.686. The second-order valence-electron chi connectivity index (χ2n) is 7.41. The number of rotatable bonds is 4. The minimum absolute atomic E-state index is 0.0342. The van der Waals surface area contributed by atoms with E-state index in [1.807, 2.05) is 6.92 Å². The van der Waals surface area contributed by atoms with E-state index in [9.17, 15) is 18.0 Å². The Kier molecular flexibility index (Phi) is 3.65. The molecule has 1 atom stereocenters. The summed E-state index contributed by atoms with van der Waals surface area (Å²) < 4.78 is 36.5. The van der Waals surface area contributed by atoms with Crippen molar-refractivity contribution in [3.8, 4) is 0 Å². The van der Waals surface area contributed by atoms with Crippen LogP contribution < -0.4 is 0 Å². The van der Waals surface area contributed by atoms with Gasteiger partial charge in [-0.1, -0.05) is 0 Å². The molecule has 0 aromatic heterocycles. The van der Waals surface area contributed by atoms with E-state index < -0.39 is 18.4 Å². The molecule has 0 aliphatic heterocycles. The van der Waals surface area contributed by atoms with Crippen molar-refractivity contribution < 1.29 is 18.0 Å². The Morgan fingerprint density at radius 1 is 1.19 bits per heavy atom. The van der Waals surface area contributed by atoms with E-state index in [1.54, 1.807) is 0 Å². The molecule has 118 valence electrons. The van der Waals surface area contributed by atoms with Gasteiger partial charge in [0.25, 0.3) is 0 Å². The van der Waals surface area contributed by atoms with E-state index in [-0.39, 0.29) is 11.5 Å². The SMILES string of the molecule is C[C@H](N=CCC(=O)C(F)(F)F)C12CC3CC(CC(C3)C1)C2. The number of halogens is 3. The fraction of sp³-hybridized carbons (Fsp3) is 0.875. The van der Waals surface area contributed by atoms with Crippen LogP contribution in [0, 0.1) is 23.2 Å². The molecule has 0 aromatic rings. The van der Waals surface area contributed by atoms with Crippen molar-refractivity contribution in [3.05, 3.63) is 0 Å². The molecule has 2 nitrogen and oxygen atoms in total. The molecule has 0 radical (unpaired) electrons. The van der Waals surface area contributed by atoms with Crippen LogP contribution in [0.5, 0.6) is 0 Å². The van der Waals surface area contributed by atoms with Gasteiger partial charge in [-0.3, -0.25) is 9.79 Å². The first-order valence-corrected chi connectivity index (χ1v) is 7.90. The first-order valence-electron chi connectivity index (χ1n) is 7.90. The van der Waals surface area contributed by atoms with Gasteiger partial charge in [-0.25, -0.2) is 0 Å². The Hall–Kier alpha value is -0.870. The van der Waals surface area contributed by atoms with Crippen LogP contribution in [0.15, 0.2) is 4.99 Å². The maximum atomic E-state index is 12.2. The highest BCUT2D eigenvalue weighted by molar-refractivity contribution is 5.95. The van der Waals surface area contributed by atoms with Crippen LogP contribution in [0.2, 0.25) is 0 Å². The molecular weight excluding hydrogens is 279 g/mol. The molecule has 0 amide bonds. The topological polar surface area (TPSA) is 29.4 Å². The first-order chi connectivity index (χ1) is 9.78. The fourth-order valence-electron chi connectivity index (χ4n) is 5.26. The van der Waals surface area contributed by atoms with E-state index in [2.05, 4.69) is 4.99 Å². The number of carbonyl (C=O) groups excluding carboxylic acids is 1. The minimum atomic E-state index is -4.74. The zero-order valence-electron chi connectivity index (χ0n) is 12.3. The summed E-state index contributed by atoms with van der Waals surface area (Å²) >= 11 is 0. The second kappa shape index (κ2) is 5.10. The van der Waals surface area contributed by atoms with Gasteiger partial charge in [0.05, 0.1) is 12.5 Å². The maximum Gasteiger partial charge on any atom is 0.450 e. The fourth-order valence-corrected chi connectivity index (χ4v) is 5.26. The largest absolute Gasteiger partial charge is 0.450 e. The molecular formula is C16H22F3NO. The Balaban J connectivity index is 1.63. The lowest BCUT2D eigenvalue weighted by Gasteiger charge is -2.58. The number of Topliss-reactive ketones (excluding diaryl/α,β-unsaturated/α-hetero) is 1. The Labute approximate surface area is 123 Å². The highest BCUT2D eigenvalue weighted by Gasteiger charge is 2.53. The summed E-state index contributed by atoms with van der Waals surface area (Å²) in [5, 5.41) is 0. The quantitative estimate of drug-likeness (QED) is 0.716. The van der Waals surface area contributed by atoms with Crippen molar-refractivity contribution in [2.75, 3.05) is 0 Å². The van der Waals surface area contributed by atoms with Crippen LogP contribution in [0.25, 0.3) is 0 Å². The van der Waals surface area contributed by atoms with Gasteiger partial charge in [0.2, 0.25) is 5.78 Å². The average Bonchev–Trinajstić information content (AvgIpc) is 2.35. The summed E-state index contributed by atoms with van der Waals surface area (Å²) in [6.07, 6.45) is 3.35. The van der Waals surface area contributed by atoms with Crippen LogP contribution in [0.4, 0.5) is 13.2 Å². The molecule has 0 saturated heterocycles. The molecule has 4 saturated carbocycles. The highest BCUT2D eigenvalue weighted by Crippen LogP contribution is 2.61. The molecule has 5 heteroatoms. The van der Waals surface area contributed by atoms with Crippen LogP contribution in [0.3, 0.4) is 0 Å². The smallest absolute Gasteiger partial charge is 0.293 e. The predicted octanol–water partition coefficient (Wildman–Crippen LogP) is 4.18. The molecule has 4 aliphatic rings. The third-order valence-electron chi connectivity index (χ3n) is 5.89. The predicted molar refractivity (Wildman–Crippen MR) is 74.2 cm³/mol. The second-order valence-corrected chi connectivity index (χ2v) is 7.41. The van der Waals surface area contributed by atoms with Gasteiger partial charge in [0, 0.05) is 6.21 Å². The summed E-state index contributed by atoms with van der Waals surface area (Å²) in [4.78, 5) is 15.2. The standard InChI is InChI=1S/C16H22F3NO/c1-10(20-3-2-14(21)16(17,18)19)15-7-11-4-12(8-15)6-13(5-11)9-15/h3,10-13H,2,4-9H2,1H3/t10-,11?,12?,13?,15?/m0/s1. The van der Waals surface area contributed by atoms with Crippen LogP contribution in [0.1, 0.15) is 51.9 Å². The number of ketones is 1. The van der Waals surface area contributed by atoms with Crippen LogP contribution >= 0.6 is 0 Å². The van der Waals surface area contributed by atoms with Crippen molar-refractivity contribution in [1.29, 1.82) is 0 Å². The van der Waals surface area contributed by atoms with Gasteiger partial charge < -0.3 is 0 Å². The molecule has 0 spiro atoms. The van der Waals surface area contributed by atoms with E-state index in [1.165, 1.54) is 44.7 Å². The highest BCUT2D eigenvalue weighted by atomic mass is 19.4. The minimum Gasteiger partial charge on any atom is -0.293 e. The number of aliphatic imine (C=N–C) groups is 1. The zero-order chi connectivity index (χ0) is 15.3. The van der Waals surface area contributed by atoms with Crippen LogP contribution in [-0.2, 0) is 4.79 Å². The van der Waals surface area contributed by atoms with E-state index in [0.717, 1.165) is 17.8 Å². The molecule has 21 heavy (non-hydrogen) atoms. The van der Waals surface area contributed by atoms with E-state index >= 15 is 0 Å². The molecule has 0 heterocycles. The molecule has 0 unspecified atom stereocenters. The molecule has 4 bridgehead atoms. The number of carbonyl (C=O) groups is 1. The van der Waals surface area contributed by atoms with Crippen molar-refractivity contribution in [2.24, 2.45) is 28.2 Å². The van der Waals surface area contributed by atoms with Crippen molar-refractivity contribution in [2.45, 2.75) is 64.1 Å². The van der Waals surface area contributed by atoms with Crippen LogP contribution in [-0.4, -0.2) is 24.2 Å². The Morgan fingerprint density at radius 3 is 2.10 bits per heavy atom. The van der Waals surface area contributed by atoms with Gasteiger partial charge in [0.15, 0.2) is 0 Å². The van der Waals surface area contributed by atoms with Gasteiger partial charge in [-0.05, 0) is 68.6 Å². The summed E-state index contributed by atoms with van der Waals surface area (Å²) in [6.45, 7) is 2.02. The third kappa shape index (κ3) is 2.88. The third-order valence-corrected chi connectivity index (χ3v) is 5.89. The number of hydrogen-bond donors (Lipinski definition) is 0. The Bertz CT molecular complexity index is 420. The van der Waals surface area contributed by atoms with Crippen molar-refractivity contribution in [1.82, 2.24) is 0 Å². The summed E-state index contributed by atoms with van der Waals surface area (Å²) in [6, 6.07) is 0.0342. The molecule has 4 aliphatic carbocycles. The lowest BCUT2D eigenvalue weighted by atomic mass is 9.48. The first kappa shape index (κ1) is 15.0. The van der Waals surface area contributed by atoms with Gasteiger partial charge >= 0.3 is 6.18 Å².